The van der Waals surface area contributed by atoms with Crippen LogP contribution in [0.1, 0.15) is 24.4 Å². The Morgan fingerprint density at radius 3 is 2.62 bits per heavy atom. The molecule has 8 heteroatoms. The largest absolute Gasteiger partial charge is 0.445 e. The van der Waals surface area contributed by atoms with Crippen molar-refractivity contribution >= 4 is 0 Å². The first kappa shape index (κ1) is 17.5. The molecule has 0 amide bonds. The molecule has 134 valence electrons. The van der Waals surface area contributed by atoms with Crippen LogP contribution in [0.3, 0.4) is 0 Å². The van der Waals surface area contributed by atoms with Crippen LogP contribution in [0.4, 0.5) is 0 Å². The normalized spacial score (nSPS) is 37.5. The molecule has 24 heavy (non-hydrogen) atoms. The van der Waals surface area contributed by atoms with Gasteiger partial charge in [0.1, 0.15) is 24.4 Å². The number of pyridine rings is 1. The first-order valence-corrected chi connectivity index (χ1v) is 8.14. The van der Waals surface area contributed by atoms with Crippen LogP contribution in [0, 0.1) is 0 Å². The topological polar surface area (TPSA) is 116 Å². The van der Waals surface area contributed by atoms with Crippen LogP contribution in [0.25, 0.3) is 0 Å². The first-order chi connectivity index (χ1) is 11.5. The van der Waals surface area contributed by atoms with E-state index >= 15 is 0 Å². The fraction of sp³-hybridized carbons (Fsp3) is 0.688. The van der Waals surface area contributed by atoms with Crippen LogP contribution < -0.4 is 4.74 Å². The van der Waals surface area contributed by atoms with E-state index in [-0.39, 0.29) is 5.88 Å². The first-order valence-electron chi connectivity index (χ1n) is 8.14. The zero-order chi connectivity index (χ0) is 17.3. The van der Waals surface area contributed by atoms with Crippen LogP contribution >= 0.6 is 0 Å². The van der Waals surface area contributed by atoms with Crippen molar-refractivity contribution in [2.75, 3.05) is 20.2 Å². The second-order valence-electron chi connectivity index (χ2n) is 6.38. The Morgan fingerprint density at radius 2 is 2.04 bits per heavy atom. The van der Waals surface area contributed by atoms with Crippen molar-refractivity contribution in [2.45, 2.75) is 49.6 Å². The predicted molar refractivity (Wildman–Crippen MR) is 83.2 cm³/mol. The molecule has 0 aromatic carbocycles. The zero-order valence-corrected chi connectivity index (χ0v) is 13.5. The van der Waals surface area contributed by atoms with E-state index in [0.29, 0.717) is 6.04 Å². The predicted octanol–water partition coefficient (Wildman–Crippen LogP) is -0.973. The molecule has 4 N–H and O–H groups in total. The van der Waals surface area contributed by atoms with E-state index in [1.54, 1.807) is 12.3 Å². The molecule has 1 aromatic rings. The van der Waals surface area contributed by atoms with Crippen molar-refractivity contribution in [3.8, 4) is 5.88 Å². The molecular weight excluding hydrogens is 316 g/mol. The molecule has 0 radical (unpaired) electrons. The van der Waals surface area contributed by atoms with Gasteiger partial charge in [-0.15, -0.1) is 0 Å². The molecule has 3 rings (SSSR count). The molecule has 0 spiro atoms. The van der Waals surface area contributed by atoms with E-state index in [0.717, 1.165) is 24.9 Å². The fourth-order valence-corrected chi connectivity index (χ4v) is 3.27. The van der Waals surface area contributed by atoms with Crippen LogP contribution in [0.5, 0.6) is 5.88 Å². The number of aromatic nitrogens is 1. The molecule has 8 nitrogen and oxygen atoms in total. The summed E-state index contributed by atoms with van der Waals surface area (Å²) < 4.78 is 10.8. The molecular formula is C16H24N2O6. The highest BCUT2D eigenvalue weighted by atomic mass is 16.7. The Hall–Kier alpha value is -1.29. The zero-order valence-electron chi connectivity index (χ0n) is 13.5. The summed E-state index contributed by atoms with van der Waals surface area (Å²) in [7, 11) is 2.08. The maximum Gasteiger partial charge on any atom is 0.231 e. The quantitative estimate of drug-likeness (QED) is 0.553. The Balaban J connectivity index is 1.67. The van der Waals surface area contributed by atoms with Crippen molar-refractivity contribution < 1.29 is 29.9 Å². The summed E-state index contributed by atoms with van der Waals surface area (Å²) in [6, 6.07) is 3.95. The fourth-order valence-electron chi connectivity index (χ4n) is 3.27. The minimum atomic E-state index is -1.47. The van der Waals surface area contributed by atoms with Crippen LogP contribution in [-0.2, 0) is 4.74 Å². The summed E-state index contributed by atoms with van der Waals surface area (Å²) in [5.41, 5.74) is 1.09. The van der Waals surface area contributed by atoms with Crippen molar-refractivity contribution in [3.05, 3.63) is 23.9 Å². The molecule has 3 heterocycles. The lowest BCUT2D eigenvalue weighted by molar-refractivity contribution is -0.278. The summed E-state index contributed by atoms with van der Waals surface area (Å²) in [5.74, 6) is 0.240. The van der Waals surface area contributed by atoms with E-state index in [4.69, 9.17) is 9.47 Å². The highest BCUT2D eigenvalue weighted by Crippen LogP contribution is 2.31. The monoisotopic (exact) mass is 340 g/mol. The number of aliphatic hydroxyl groups excluding tert-OH is 4. The van der Waals surface area contributed by atoms with E-state index in [9.17, 15) is 20.4 Å². The third-order valence-electron chi connectivity index (χ3n) is 4.75. The van der Waals surface area contributed by atoms with E-state index in [1.165, 1.54) is 0 Å². The minimum absolute atomic E-state index is 0.240. The molecule has 1 aromatic heterocycles. The lowest BCUT2D eigenvalue weighted by Crippen LogP contribution is -2.60. The Labute approximate surface area is 140 Å². The number of hydrogen-bond donors (Lipinski definition) is 4. The van der Waals surface area contributed by atoms with Gasteiger partial charge in [-0.2, -0.15) is 0 Å². The van der Waals surface area contributed by atoms with Gasteiger partial charge < -0.3 is 29.9 Å². The van der Waals surface area contributed by atoms with Gasteiger partial charge >= 0.3 is 0 Å². The van der Waals surface area contributed by atoms with Gasteiger partial charge in [0, 0.05) is 18.3 Å². The average molecular weight is 340 g/mol. The lowest BCUT2D eigenvalue weighted by atomic mass is 9.99. The van der Waals surface area contributed by atoms with Gasteiger partial charge in [0.15, 0.2) is 0 Å². The van der Waals surface area contributed by atoms with Gasteiger partial charge in [-0.3, -0.25) is 4.90 Å². The number of nitrogens with zero attached hydrogens (tertiary/aromatic N) is 2. The second-order valence-corrected chi connectivity index (χ2v) is 6.38. The van der Waals surface area contributed by atoms with Crippen LogP contribution in [0.2, 0.25) is 0 Å². The molecule has 2 aliphatic rings. The van der Waals surface area contributed by atoms with Gasteiger partial charge in [-0.1, -0.05) is 6.07 Å². The number of aliphatic hydroxyl groups is 4. The summed E-state index contributed by atoms with van der Waals surface area (Å²) in [6.07, 6.45) is -2.55. The van der Waals surface area contributed by atoms with Gasteiger partial charge in [0.2, 0.25) is 12.2 Å². The molecule has 2 saturated heterocycles. The number of hydrogen-bond acceptors (Lipinski definition) is 8. The third-order valence-corrected chi connectivity index (χ3v) is 4.75. The van der Waals surface area contributed by atoms with E-state index in [1.807, 2.05) is 6.07 Å². The standard InChI is InChI=1S/C16H24N2O6/c1-18-6-2-3-10(18)9-4-5-12(17-7-9)24-16-15(22)14(21)13(20)11(8-19)23-16/h4-5,7,10-11,13-16,19-22H,2-3,6,8H2,1H3/t10-,11-,13-,14+,15-,16+/m1/s1. The summed E-state index contributed by atoms with van der Waals surface area (Å²) >= 11 is 0. The van der Waals surface area contributed by atoms with Gasteiger partial charge in [0.25, 0.3) is 0 Å². The maximum absolute atomic E-state index is 9.97. The molecule has 2 aliphatic heterocycles. The molecule has 2 fully saturated rings. The number of ether oxygens (including phenoxy) is 2. The Morgan fingerprint density at radius 1 is 1.25 bits per heavy atom. The smallest absolute Gasteiger partial charge is 0.231 e. The highest BCUT2D eigenvalue weighted by molar-refractivity contribution is 5.22. The van der Waals surface area contributed by atoms with Gasteiger partial charge in [-0.05, 0) is 32.0 Å². The molecule has 0 saturated carbocycles. The average Bonchev–Trinajstić information content (AvgIpc) is 3.02. The highest BCUT2D eigenvalue weighted by Gasteiger charge is 2.44. The SMILES string of the molecule is CN1CCC[C@@H]1c1ccc(O[C@@H]2O[C@H](CO)[C@@H](O)[C@H](O)[C@H]2O)nc1. The van der Waals surface area contributed by atoms with Crippen molar-refractivity contribution in [1.82, 2.24) is 9.88 Å². The minimum Gasteiger partial charge on any atom is -0.445 e. The van der Waals surface area contributed by atoms with Crippen LogP contribution in [0.15, 0.2) is 18.3 Å². The number of likely N-dealkylation sites (tertiary alicyclic amines) is 1. The van der Waals surface area contributed by atoms with Crippen LogP contribution in [-0.4, -0.2) is 81.2 Å². The molecule has 0 bridgehead atoms. The maximum atomic E-state index is 9.97. The second kappa shape index (κ2) is 7.30. The van der Waals surface area contributed by atoms with E-state index in [2.05, 4.69) is 16.9 Å². The number of rotatable bonds is 4. The molecule has 0 unspecified atom stereocenters. The molecule has 0 aliphatic carbocycles. The van der Waals surface area contributed by atoms with E-state index < -0.39 is 37.3 Å². The summed E-state index contributed by atoms with van der Waals surface area (Å²) in [4.78, 5) is 6.51. The Kier molecular flexibility index (Phi) is 5.33. The molecule has 6 atom stereocenters. The summed E-state index contributed by atoms with van der Waals surface area (Å²) in [5, 5.41) is 38.7. The van der Waals surface area contributed by atoms with Crippen molar-refractivity contribution in [3.63, 3.8) is 0 Å². The third kappa shape index (κ3) is 3.39. The van der Waals surface area contributed by atoms with Gasteiger partial charge in [-0.25, -0.2) is 4.98 Å². The van der Waals surface area contributed by atoms with Gasteiger partial charge in [0.05, 0.1) is 6.61 Å². The summed E-state index contributed by atoms with van der Waals surface area (Å²) in [6.45, 7) is 0.568. The van der Waals surface area contributed by atoms with Crippen molar-refractivity contribution in [2.24, 2.45) is 0 Å². The lowest BCUT2D eigenvalue weighted by Gasteiger charge is -2.39. The Bertz CT molecular complexity index is 540. The van der Waals surface area contributed by atoms with Crippen molar-refractivity contribution in [1.29, 1.82) is 0 Å².